The normalized spacial score (nSPS) is 23.4. The molecule has 16 heavy (non-hydrogen) atoms. The van der Waals surface area contributed by atoms with Crippen LogP contribution in [0.15, 0.2) is 36.5 Å². The van der Waals surface area contributed by atoms with Gasteiger partial charge in [0, 0.05) is 17.1 Å². The van der Waals surface area contributed by atoms with Crippen LogP contribution >= 0.6 is 0 Å². The smallest absolute Gasteiger partial charge is 0.110 e. The number of rotatable bonds is 0. The molecule has 1 heterocycles. The Bertz CT molecular complexity index is 577. The van der Waals surface area contributed by atoms with Gasteiger partial charge in [-0.15, -0.1) is 0 Å². The molecule has 2 atom stereocenters. The Hall–Kier alpha value is -1.71. The fourth-order valence-electron chi connectivity index (χ4n) is 2.15. The molecule has 1 aromatic carbocycles. The van der Waals surface area contributed by atoms with Gasteiger partial charge in [-0.1, -0.05) is 24.3 Å². The second-order valence-electron chi connectivity index (χ2n) is 3.93. The molecule has 0 radical (unpaired) electrons. The standard InChI is InChI=1S/C13H11NO2/c15-11-6-4-8-3-5-10-9(2-1-7-14-10)12(8)13(11)16/h1-7,11,13,15-16H. The predicted octanol–water partition coefficient (Wildman–Crippen LogP) is 1.66. The minimum absolute atomic E-state index is 0.764. The van der Waals surface area contributed by atoms with Gasteiger partial charge in [-0.25, -0.2) is 0 Å². The molecule has 0 amide bonds. The zero-order valence-electron chi connectivity index (χ0n) is 8.54. The Kier molecular flexibility index (Phi) is 2.02. The van der Waals surface area contributed by atoms with Crippen molar-refractivity contribution in [2.45, 2.75) is 12.2 Å². The zero-order valence-corrected chi connectivity index (χ0v) is 8.54. The van der Waals surface area contributed by atoms with E-state index in [0.717, 1.165) is 22.0 Å². The van der Waals surface area contributed by atoms with Crippen LogP contribution < -0.4 is 0 Å². The largest absolute Gasteiger partial charge is 0.386 e. The molecule has 1 aliphatic rings. The van der Waals surface area contributed by atoms with Crippen LogP contribution in [0, 0.1) is 0 Å². The Morgan fingerprint density at radius 2 is 2.00 bits per heavy atom. The fraction of sp³-hybridized carbons (Fsp3) is 0.154. The van der Waals surface area contributed by atoms with E-state index in [1.165, 1.54) is 0 Å². The van der Waals surface area contributed by atoms with Crippen molar-refractivity contribution in [3.63, 3.8) is 0 Å². The van der Waals surface area contributed by atoms with Crippen molar-refractivity contribution in [2.24, 2.45) is 0 Å². The first-order valence-electron chi connectivity index (χ1n) is 5.19. The molecule has 80 valence electrons. The fourth-order valence-corrected chi connectivity index (χ4v) is 2.15. The molecule has 0 saturated heterocycles. The molecular weight excluding hydrogens is 202 g/mol. The predicted molar refractivity (Wildman–Crippen MR) is 61.7 cm³/mol. The molecule has 1 aromatic heterocycles. The van der Waals surface area contributed by atoms with E-state index >= 15 is 0 Å². The number of pyridine rings is 1. The van der Waals surface area contributed by atoms with Gasteiger partial charge in [-0.2, -0.15) is 0 Å². The first-order valence-corrected chi connectivity index (χ1v) is 5.19. The summed E-state index contributed by atoms with van der Waals surface area (Å²) in [6.07, 6.45) is 3.45. The van der Waals surface area contributed by atoms with Gasteiger partial charge < -0.3 is 10.2 Å². The van der Waals surface area contributed by atoms with Crippen LogP contribution in [0.5, 0.6) is 0 Å². The van der Waals surface area contributed by atoms with Crippen LogP contribution in [0.25, 0.3) is 17.0 Å². The molecule has 2 aromatic rings. The van der Waals surface area contributed by atoms with Gasteiger partial charge >= 0.3 is 0 Å². The Morgan fingerprint density at radius 3 is 2.88 bits per heavy atom. The van der Waals surface area contributed by atoms with Crippen LogP contribution in [-0.4, -0.2) is 21.3 Å². The van der Waals surface area contributed by atoms with Gasteiger partial charge in [0.25, 0.3) is 0 Å². The third kappa shape index (κ3) is 1.26. The first-order chi connectivity index (χ1) is 7.77. The molecule has 1 aliphatic carbocycles. The number of aromatic nitrogens is 1. The molecule has 3 nitrogen and oxygen atoms in total. The van der Waals surface area contributed by atoms with Gasteiger partial charge in [0.1, 0.15) is 12.2 Å². The highest BCUT2D eigenvalue weighted by atomic mass is 16.3. The summed E-state index contributed by atoms with van der Waals surface area (Å²) in [5.41, 5.74) is 2.54. The van der Waals surface area contributed by atoms with E-state index in [0.29, 0.717) is 0 Å². The first kappa shape index (κ1) is 9.51. The molecule has 2 unspecified atom stereocenters. The number of benzene rings is 1. The average Bonchev–Trinajstić information content (AvgIpc) is 2.33. The van der Waals surface area contributed by atoms with Gasteiger partial charge in [-0.05, 0) is 17.7 Å². The van der Waals surface area contributed by atoms with E-state index < -0.39 is 12.2 Å². The van der Waals surface area contributed by atoms with Gasteiger partial charge in [0.05, 0.1) is 5.52 Å². The van der Waals surface area contributed by atoms with E-state index in [2.05, 4.69) is 4.98 Å². The average molecular weight is 213 g/mol. The third-order valence-electron chi connectivity index (χ3n) is 2.95. The summed E-state index contributed by atoms with van der Waals surface area (Å²) in [6, 6.07) is 7.58. The van der Waals surface area contributed by atoms with Crippen molar-refractivity contribution >= 4 is 17.0 Å². The van der Waals surface area contributed by atoms with Crippen molar-refractivity contribution < 1.29 is 10.2 Å². The molecule has 0 fully saturated rings. The topological polar surface area (TPSA) is 53.4 Å². The minimum atomic E-state index is -0.868. The lowest BCUT2D eigenvalue weighted by Gasteiger charge is -2.23. The van der Waals surface area contributed by atoms with Gasteiger partial charge in [0.15, 0.2) is 0 Å². The summed E-state index contributed by atoms with van der Waals surface area (Å²) in [5.74, 6) is 0. The highest BCUT2D eigenvalue weighted by Gasteiger charge is 2.24. The Balaban J connectivity index is 2.37. The summed E-state index contributed by atoms with van der Waals surface area (Å²) in [5, 5.41) is 20.5. The highest BCUT2D eigenvalue weighted by molar-refractivity contribution is 5.87. The summed E-state index contributed by atoms with van der Waals surface area (Å²) in [4.78, 5) is 4.23. The van der Waals surface area contributed by atoms with Crippen LogP contribution in [0.3, 0.4) is 0 Å². The summed E-state index contributed by atoms with van der Waals surface area (Å²) >= 11 is 0. The number of fused-ring (bicyclic) bond motifs is 3. The molecule has 3 rings (SSSR count). The Morgan fingerprint density at radius 1 is 1.12 bits per heavy atom. The maximum absolute atomic E-state index is 10.00. The maximum Gasteiger partial charge on any atom is 0.110 e. The van der Waals surface area contributed by atoms with Crippen molar-refractivity contribution in [1.29, 1.82) is 0 Å². The SMILES string of the molecule is OC1C=Cc2ccc3ncccc3c2C1O. The number of aliphatic hydroxyl groups is 2. The van der Waals surface area contributed by atoms with Crippen LogP contribution in [0.2, 0.25) is 0 Å². The van der Waals surface area contributed by atoms with Crippen LogP contribution in [0.4, 0.5) is 0 Å². The molecule has 0 bridgehead atoms. The second kappa shape index (κ2) is 3.40. The quantitative estimate of drug-likeness (QED) is 0.699. The second-order valence-corrected chi connectivity index (χ2v) is 3.93. The van der Waals surface area contributed by atoms with Crippen molar-refractivity contribution in [3.05, 3.63) is 47.7 Å². The van der Waals surface area contributed by atoms with Crippen molar-refractivity contribution in [2.75, 3.05) is 0 Å². The van der Waals surface area contributed by atoms with Crippen molar-refractivity contribution in [3.8, 4) is 0 Å². The van der Waals surface area contributed by atoms with E-state index in [9.17, 15) is 10.2 Å². The number of aliphatic hydroxyl groups excluding tert-OH is 2. The monoisotopic (exact) mass is 213 g/mol. The highest BCUT2D eigenvalue weighted by Crippen LogP contribution is 2.33. The van der Waals surface area contributed by atoms with Crippen LogP contribution in [-0.2, 0) is 0 Å². The summed E-state index contributed by atoms with van der Waals surface area (Å²) in [6.45, 7) is 0. The van der Waals surface area contributed by atoms with Crippen molar-refractivity contribution in [1.82, 2.24) is 4.98 Å². The summed E-state index contributed by atoms with van der Waals surface area (Å²) in [7, 11) is 0. The lowest BCUT2D eigenvalue weighted by atomic mass is 9.90. The molecular formula is C13H11NO2. The van der Waals surface area contributed by atoms with E-state index in [-0.39, 0.29) is 0 Å². The molecule has 0 saturated carbocycles. The third-order valence-corrected chi connectivity index (χ3v) is 2.95. The lowest BCUT2D eigenvalue weighted by molar-refractivity contribution is 0.0480. The molecule has 2 N–H and O–H groups in total. The Labute approximate surface area is 92.7 Å². The number of nitrogens with zero attached hydrogens (tertiary/aromatic N) is 1. The van der Waals surface area contributed by atoms with Gasteiger partial charge in [-0.3, -0.25) is 4.98 Å². The van der Waals surface area contributed by atoms with Crippen LogP contribution in [0.1, 0.15) is 17.2 Å². The minimum Gasteiger partial charge on any atom is -0.386 e. The van der Waals surface area contributed by atoms with E-state index in [1.54, 1.807) is 12.3 Å². The van der Waals surface area contributed by atoms with E-state index in [4.69, 9.17) is 0 Å². The van der Waals surface area contributed by atoms with E-state index in [1.807, 2.05) is 30.3 Å². The number of hydrogen-bond acceptors (Lipinski definition) is 3. The zero-order chi connectivity index (χ0) is 11.1. The maximum atomic E-state index is 10.00. The summed E-state index contributed by atoms with van der Waals surface area (Å²) < 4.78 is 0. The molecule has 0 aliphatic heterocycles. The molecule has 3 heteroatoms. The molecule has 0 spiro atoms. The lowest BCUT2D eigenvalue weighted by Crippen LogP contribution is -2.19. The van der Waals surface area contributed by atoms with Gasteiger partial charge in [0.2, 0.25) is 0 Å². The number of hydrogen-bond donors (Lipinski definition) is 2.